The highest BCUT2D eigenvalue weighted by Gasteiger charge is 2.50. The molecule has 0 spiro atoms. The Kier molecular flexibility index (Phi) is 3.92. The molecule has 3 N–H and O–H groups in total. The van der Waals surface area contributed by atoms with E-state index in [1.165, 1.54) is 6.07 Å². The van der Waals surface area contributed by atoms with Gasteiger partial charge in [-0.15, -0.1) is 0 Å². The van der Waals surface area contributed by atoms with Gasteiger partial charge in [0.05, 0.1) is 14.9 Å². The van der Waals surface area contributed by atoms with Gasteiger partial charge in [-0.1, -0.05) is 19.1 Å². The summed E-state index contributed by atoms with van der Waals surface area (Å²) in [5.41, 5.74) is 5.32. The minimum Gasteiger partial charge on any atom is -0.392 e. The number of nitrogens with one attached hydrogen (secondary N) is 1. The number of hydrogen-bond acceptors (Lipinski definition) is 2. The van der Waals surface area contributed by atoms with Crippen LogP contribution in [0.25, 0.3) is 0 Å². The normalized spacial score (nSPS) is 25.5. The van der Waals surface area contributed by atoms with E-state index in [9.17, 15) is 9.18 Å². The number of benzene rings is 1. The predicted octanol–water partition coefficient (Wildman–Crippen LogP) is 3.23. The molecule has 102 valence electrons. The van der Waals surface area contributed by atoms with Crippen molar-refractivity contribution in [3.05, 3.63) is 28.5 Å². The van der Waals surface area contributed by atoms with Crippen molar-refractivity contribution in [1.82, 2.24) is 0 Å². The van der Waals surface area contributed by atoms with Gasteiger partial charge in [-0.25, -0.2) is 4.39 Å². The molecule has 1 fully saturated rings. The summed E-state index contributed by atoms with van der Waals surface area (Å²) in [4.78, 5) is 12.5. The van der Waals surface area contributed by atoms with E-state index in [2.05, 4.69) is 21.2 Å². The maximum atomic E-state index is 13.4. The number of carbonyl (C=O) groups is 1. The molecular weight excluding hydrogens is 331 g/mol. The minimum atomic E-state index is -0.779. The molecule has 3 nitrogen and oxygen atoms in total. The third kappa shape index (κ3) is 2.65. The quantitative estimate of drug-likeness (QED) is 0.827. The fourth-order valence-electron chi connectivity index (χ4n) is 2.45. The Morgan fingerprint density at radius 1 is 1.58 bits per heavy atom. The second-order valence-corrected chi connectivity index (χ2v) is 6.34. The molecule has 0 unspecified atom stereocenters. The van der Waals surface area contributed by atoms with Gasteiger partial charge in [0.25, 0.3) is 0 Å². The fraction of sp³-hybridized carbons (Fsp3) is 0.385. The maximum absolute atomic E-state index is 13.4. The van der Waals surface area contributed by atoms with E-state index in [1.807, 2.05) is 6.92 Å². The first-order valence-electron chi connectivity index (χ1n) is 5.91. The Labute approximate surface area is 124 Å². The van der Waals surface area contributed by atoms with E-state index in [0.717, 1.165) is 0 Å². The minimum absolute atomic E-state index is 0.209. The van der Waals surface area contributed by atoms with Crippen LogP contribution in [0.1, 0.15) is 19.8 Å². The van der Waals surface area contributed by atoms with Crippen LogP contribution in [0.5, 0.6) is 0 Å². The van der Waals surface area contributed by atoms with Crippen LogP contribution < -0.4 is 11.1 Å². The highest BCUT2D eigenvalue weighted by molar-refractivity contribution is 9.10. The van der Waals surface area contributed by atoms with Crippen molar-refractivity contribution in [2.24, 2.45) is 17.1 Å². The van der Waals surface area contributed by atoms with Crippen LogP contribution in [0.2, 0.25) is 0 Å². The van der Waals surface area contributed by atoms with E-state index in [4.69, 9.17) is 18.0 Å². The lowest BCUT2D eigenvalue weighted by Crippen LogP contribution is -2.53. The highest BCUT2D eigenvalue weighted by Crippen LogP contribution is 2.46. The van der Waals surface area contributed by atoms with Crippen LogP contribution in [0.3, 0.4) is 0 Å². The molecule has 0 aromatic heterocycles. The summed E-state index contributed by atoms with van der Waals surface area (Å²) in [5.74, 6) is -0.252. The van der Waals surface area contributed by atoms with E-state index in [-0.39, 0.29) is 10.9 Å². The number of anilines is 1. The summed E-state index contributed by atoms with van der Waals surface area (Å²) in [6, 6.07) is 4.43. The molecule has 0 radical (unpaired) electrons. The van der Waals surface area contributed by atoms with Crippen molar-refractivity contribution in [1.29, 1.82) is 0 Å². The van der Waals surface area contributed by atoms with Gasteiger partial charge in [0, 0.05) is 5.69 Å². The smallest absolute Gasteiger partial charge is 0.237 e. The van der Waals surface area contributed by atoms with Crippen LogP contribution in [0.15, 0.2) is 22.7 Å². The molecule has 6 heteroatoms. The van der Waals surface area contributed by atoms with Crippen molar-refractivity contribution < 1.29 is 9.18 Å². The molecule has 1 saturated carbocycles. The Morgan fingerprint density at radius 3 is 2.68 bits per heavy atom. The molecule has 1 aromatic carbocycles. The van der Waals surface area contributed by atoms with Crippen molar-refractivity contribution >= 4 is 44.7 Å². The molecule has 0 heterocycles. The van der Waals surface area contributed by atoms with E-state index < -0.39 is 11.2 Å². The van der Waals surface area contributed by atoms with Crippen LogP contribution >= 0.6 is 28.1 Å². The number of halogens is 2. The topological polar surface area (TPSA) is 55.1 Å². The third-order valence-corrected chi connectivity index (χ3v) is 4.51. The molecule has 0 aliphatic heterocycles. The van der Waals surface area contributed by atoms with Crippen molar-refractivity contribution in [3.63, 3.8) is 0 Å². The third-order valence-electron chi connectivity index (χ3n) is 3.48. The zero-order valence-electron chi connectivity index (χ0n) is 10.4. The summed E-state index contributed by atoms with van der Waals surface area (Å²) in [5, 5.41) is 2.69. The Morgan fingerprint density at radius 2 is 2.21 bits per heavy atom. The van der Waals surface area contributed by atoms with Gasteiger partial charge in [-0.3, -0.25) is 4.79 Å². The molecule has 1 aliphatic carbocycles. The monoisotopic (exact) mass is 344 g/mol. The van der Waals surface area contributed by atoms with Gasteiger partial charge >= 0.3 is 0 Å². The first-order chi connectivity index (χ1) is 8.85. The number of thiocarbonyl (C=S) groups is 1. The molecule has 1 aromatic rings. The largest absolute Gasteiger partial charge is 0.392 e. The number of nitrogens with two attached hydrogens (primary N) is 1. The average Bonchev–Trinajstić information content (AvgIpc) is 2.29. The molecule has 0 bridgehead atoms. The summed E-state index contributed by atoms with van der Waals surface area (Å²) in [6.45, 7) is 2.04. The van der Waals surface area contributed by atoms with Crippen molar-refractivity contribution in [3.8, 4) is 0 Å². The van der Waals surface area contributed by atoms with Gasteiger partial charge in [0.1, 0.15) is 5.82 Å². The Hall–Kier alpha value is -1.01. The summed E-state index contributed by atoms with van der Waals surface area (Å²) in [7, 11) is 0. The number of rotatable bonds is 3. The molecule has 19 heavy (non-hydrogen) atoms. The lowest BCUT2D eigenvalue weighted by atomic mass is 9.62. The number of hydrogen-bond donors (Lipinski definition) is 2. The summed E-state index contributed by atoms with van der Waals surface area (Å²) < 4.78 is 13.7. The van der Waals surface area contributed by atoms with E-state index >= 15 is 0 Å². The van der Waals surface area contributed by atoms with E-state index in [0.29, 0.717) is 28.9 Å². The number of amides is 1. The first kappa shape index (κ1) is 14.4. The van der Waals surface area contributed by atoms with Crippen LogP contribution in [0.4, 0.5) is 10.1 Å². The lowest BCUT2D eigenvalue weighted by molar-refractivity contribution is -0.127. The summed E-state index contributed by atoms with van der Waals surface area (Å²) in [6.07, 6.45) is 1.29. The summed E-state index contributed by atoms with van der Waals surface area (Å²) >= 11 is 8.07. The van der Waals surface area contributed by atoms with Gasteiger partial charge in [-0.05, 0) is 52.9 Å². The molecular formula is C13H14BrFN2OS. The van der Waals surface area contributed by atoms with Gasteiger partial charge in [0.2, 0.25) is 5.91 Å². The Bertz CT molecular complexity index is 543. The molecule has 2 rings (SSSR count). The molecule has 1 aliphatic rings. The van der Waals surface area contributed by atoms with Gasteiger partial charge < -0.3 is 11.1 Å². The second-order valence-electron chi connectivity index (χ2n) is 5.04. The fourth-order valence-corrected chi connectivity index (χ4v) is 2.96. The average molecular weight is 345 g/mol. The van der Waals surface area contributed by atoms with Crippen molar-refractivity contribution in [2.45, 2.75) is 19.8 Å². The second kappa shape index (κ2) is 5.17. The van der Waals surface area contributed by atoms with Crippen LogP contribution in [-0.2, 0) is 4.79 Å². The van der Waals surface area contributed by atoms with Crippen LogP contribution in [-0.4, -0.2) is 10.9 Å². The Balaban J connectivity index is 2.16. The molecule has 1 amide bonds. The van der Waals surface area contributed by atoms with Gasteiger partial charge in [-0.2, -0.15) is 0 Å². The lowest BCUT2D eigenvalue weighted by Gasteiger charge is -2.44. The highest BCUT2D eigenvalue weighted by atomic mass is 79.9. The van der Waals surface area contributed by atoms with Crippen molar-refractivity contribution in [2.75, 3.05) is 5.32 Å². The van der Waals surface area contributed by atoms with Gasteiger partial charge in [0.15, 0.2) is 0 Å². The SMILES string of the molecule is CC1CC(C(=O)Nc2ccc(Br)c(F)c2)(C(N)=S)C1. The van der Waals surface area contributed by atoms with E-state index in [1.54, 1.807) is 12.1 Å². The maximum Gasteiger partial charge on any atom is 0.237 e. The molecule has 0 saturated heterocycles. The zero-order chi connectivity index (χ0) is 14.2. The number of carbonyl (C=O) groups excluding carboxylic acids is 1. The molecule has 0 atom stereocenters. The zero-order valence-corrected chi connectivity index (χ0v) is 12.8. The van der Waals surface area contributed by atoms with Crippen LogP contribution in [0, 0.1) is 17.2 Å². The predicted molar refractivity (Wildman–Crippen MR) is 80.3 cm³/mol. The first-order valence-corrected chi connectivity index (χ1v) is 7.12. The standard InChI is InChI=1S/C13H14BrFN2OS/c1-7-5-13(6-7,11(16)19)12(18)17-8-2-3-9(14)10(15)4-8/h2-4,7H,5-6H2,1H3,(H2,16,19)(H,17,18).